The van der Waals surface area contributed by atoms with Gasteiger partial charge in [-0.2, -0.15) is 0 Å². The SMILES string of the molecule is CCC[C@@]1(O)CC[C@H]2[C@H](CC[C@@H]3[C@@H]2CC[C@@]2(C)[C@H]3[C@H](C)CC[C@@H]2C(C)=O)C1. The van der Waals surface area contributed by atoms with Crippen LogP contribution in [0.2, 0.25) is 0 Å². The zero-order valence-electron chi connectivity index (χ0n) is 18.2. The second-order valence-corrected chi connectivity index (χ2v) is 11.3. The van der Waals surface area contributed by atoms with Crippen LogP contribution in [0, 0.1) is 46.8 Å². The largest absolute Gasteiger partial charge is 0.390 e. The molecular weight excluding hydrogens is 332 g/mol. The van der Waals surface area contributed by atoms with Crippen molar-refractivity contribution in [1.29, 1.82) is 0 Å². The first-order chi connectivity index (χ1) is 12.8. The van der Waals surface area contributed by atoms with Crippen LogP contribution in [0.4, 0.5) is 0 Å². The summed E-state index contributed by atoms with van der Waals surface area (Å²) in [7, 11) is 0. The van der Waals surface area contributed by atoms with Crippen molar-refractivity contribution < 1.29 is 9.90 Å². The van der Waals surface area contributed by atoms with Crippen LogP contribution < -0.4 is 0 Å². The lowest BCUT2D eigenvalue weighted by atomic mass is 9.42. The van der Waals surface area contributed by atoms with Crippen LogP contribution in [-0.2, 0) is 4.79 Å². The predicted octanol–water partition coefficient (Wildman–Crippen LogP) is 6.01. The fraction of sp³-hybridized carbons (Fsp3) is 0.960. The molecule has 0 heterocycles. The van der Waals surface area contributed by atoms with Gasteiger partial charge in [-0.15, -0.1) is 0 Å². The van der Waals surface area contributed by atoms with E-state index in [1.54, 1.807) is 0 Å². The highest BCUT2D eigenvalue weighted by Gasteiger charge is 2.58. The highest BCUT2D eigenvalue weighted by Crippen LogP contribution is 2.64. The molecule has 0 radical (unpaired) electrons. The van der Waals surface area contributed by atoms with Gasteiger partial charge in [0.25, 0.3) is 0 Å². The Hall–Kier alpha value is -0.370. The van der Waals surface area contributed by atoms with Gasteiger partial charge in [-0.25, -0.2) is 0 Å². The molecule has 0 bridgehead atoms. The summed E-state index contributed by atoms with van der Waals surface area (Å²) in [6.45, 7) is 9.01. The molecule has 0 aliphatic heterocycles. The van der Waals surface area contributed by atoms with E-state index in [9.17, 15) is 9.90 Å². The number of Topliss-reactive ketones (excluding diaryl/α,β-unsaturated/α-hetero) is 1. The van der Waals surface area contributed by atoms with Crippen molar-refractivity contribution in [3.63, 3.8) is 0 Å². The Morgan fingerprint density at radius 3 is 2.44 bits per heavy atom. The van der Waals surface area contributed by atoms with Gasteiger partial charge in [-0.05, 0) is 112 Å². The summed E-state index contributed by atoms with van der Waals surface area (Å²) in [5, 5.41) is 11.0. The smallest absolute Gasteiger partial charge is 0.133 e. The molecule has 0 aromatic heterocycles. The number of ketones is 1. The third-order valence-corrected chi connectivity index (χ3v) is 9.93. The van der Waals surface area contributed by atoms with Gasteiger partial charge in [0, 0.05) is 5.92 Å². The number of carbonyl (C=O) groups excluding carboxylic acids is 1. The molecule has 4 fully saturated rings. The highest BCUT2D eigenvalue weighted by molar-refractivity contribution is 5.79. The molecule has 0 amide bonds. The first-order valence-electron chi connectivity index (χ1n) is 12.0. The molecule has 4 saturated carbocycles. The molecule has 1 N–H and O–H groups in total. The van der Waals surface area contributed by atoms with E-state index in [1.807, 2.05) is 6.92 Å². The fourth-order valence-electron chi connectivity index (χ4n) is 9.02. The number of aliphatic hydroxyl groups is 1. The van der Waals surface area contributed by atoms with E-state index in [4.69, 9.17) is 0 Å². The maximum atomic E-state index is 12.5. The summed E-state index contributed by atoms with van der Waals surface area (Å²) in [4.78, 5) is 12.5. The maximum absolute atomic E-state index is 12.5. The highest BCUT2D eigenvalue weighted by atomic mass is 16.3. The van der Waals surface area contributed by atoms with E-state index >= 15 is 0 Å². The summed E-state index contributed by atoms with van der Waals surface area (Å²) in [6.07, 6.45) is 13.1. The van der Waals surface area contributed by atoms with E-state index in [1.165, 1.54) is 38.5 Å². The van der Waals surface area contributed by atoms with E-state index in [-0.39, 0.29) is 11.0 Å². The van der Waals surface area contributed by atoms with Crippen LogP contribution in [-0.4, -0.2) is 16.5 Å². The number of hydrogen-bond donors (Lipinski definition) is 1. The lowest BCUT2D eigenvalue weighted by Gasteiger charge is -2.62. The average Bonchev–Trinajstić information content (AvgIpc) is 2.60. The van der Waals surface area contributed by atoms with Gasteiger partial charge in [-0.1, -0.05) is 27.2 Å². The van der Waals surface area contributed by atoms with Crippen molar-refractivity contribution in [1.82, 2.24) is 0 Å². The van der Waals surface area contributed by atoms with Crippen LogP contribution in [0.25, 0.3) is 0 Å². The van der Waals surface area contributed by atoms with Crippen LogP contribution in [0.15, 0.2) is 0 Å². The molecule has 0 spiro atoms. The molecule has 0 unspecified atom stereocenters. The molecule has 2 nitrogen and oxygen atoms in total. The molecule has 27 heavy (non-hydrogen) atoms. The zero-order valence-corrected chi connectivity index (χ0v) is 18.2. The quantitative estimate of drug-likeness (QED) is 0.656. The van der Waals surface area contributed by atoms with Crippen molar-refractivity contribution >= 4 is 5.78 Å². The number of fused-ring (bicyclic) bond motifs is 5. The minimum atomic E-state index is -0.371. The summed E-state index contributed by atoms with van der Waals surface area (Å²) in [5.41, 5.74) is -0.126. The number of rotatable bonds is 3. The van der Waals surface area contributed by atoms with Crippen molar-refractivity contribution in [3.8, 4) is 0 Å². The maximum Gasteiger partial charge on any atom is 0.133 e. The van der Waals surface area contributed by atoms with Crippen LogP contribution >= 0.6 is 0 Å². The Kier molecular flexibility index (Phi) is 5.28. The van der Waals surface area contributed by atoms with Crippen LogP contribution in [0.5, 0.6) is 0 Å². The van der Waals surface area contributed by atoms with Gasteiger partial charge in [0.1, 0.15) is 5.78 Å². The molecule has 0 aromatic rings. The normalized spacial score (nSPS) is 52.4. The van der Waals surface area contributed by atoms with Crippen molar-refractivity contribution in [2.45, 2.75) is 104 Å². The monoisotopic (exact) mass is 374 g/mol. The summed E-state index contributed by atoms with van der Waals surface area (Å²) >= 11 is 0. The predicted molar refractivity (Wildman–Crippen MR) is 110 cm³/mol. The Balaban J connectivity index is 1.56. The number of carbonyl (C=O) groups is 1. The summed E-state index contributed by atoms with van der Waals surface area (Å²) < 4.78 is 0. The van der Waals surface area contributed by atoms with E-state index < -0.39 is 0 Å². The molecule has 154 valence electrons. The molecule has 4 rings (SSSR count). The zero-order chi connectivity index (χ0) is 19.4. The Morgan fingerprint density at radius 1 is 1.00 bits per heavy atom. The van der Waals surface area contributed by atoms with Gasteiger partial charge in [-0.3, -0.25) is 4.79 Å². The number of hydrogen-bond acceptors (Lipinski definition) is 2. The molecule has 9 atom stereocenters. The molecule has 2 heteroatoms. The lowest BCUT2D eigenvalue weighted by molar-refractivity contribution is -0.157. The minimum absolute atomic E-state index is 0.245. The van der Waals surface area contributed by atoms with E-state index in [2.05, 4.69) is 20.8 Å². The summed E-state index contributed by atoms with van der Waals surface area (Å²) in [6, 6.07) is 0. The van der Waals surface area contributed by atoms with Gasteiger partial charge < -0.3 is 5.11 Å². The van der Waals surface area contributed by atoms with Gasteiger partial charge in [0.2, 0.25) is 0 Å². The van der Waals surface area contributed by atoms with Crippen molar-refractivity contribution in [2.75, 3.05) is 0 Å². The Morgan fingerprint density at radius 2 is 1.74 bits per heavy atom. The fourth-order valence-corrected chi connectivity index (χ4v) is 9.02. The van der Waals surface area contributed by atoms with Crippen molar-refractivity contribution in [2.24, 2.45) is 46.8 Å². The van der Waals surface area contributed by atoms with E-state index in [0.29, 0.717) is 11.7 Å². The summed E-state index contributed by atoms with van der Waals surface area (Å²) in [5.74, 6) is 5.56. The van der Waals surface area contributed by atoms with Gasteiger partial charge >= 0.3 is 0 Å². The molecule has 4 aliphatic rings. The van der Waals surface area contributed by atoms with Crippen LogP contribution in [0.3, 0.4) is 0 Å². The van der Waals surface area contributed by atoms with Gasteiger partial charge in [0.05, 0.1) is 5.60 Å². The third kappa shape index (κ3) is 3.22. The standard InChI is InChI=1S/C25H42O2/c1-5-12-25(27)14-11-19-18(15-25)7-8-21-20(19)10-13-24(4)22(17(3)26)9-6-16(2)23(21)24/h16,18-23,27H,5-15H2,1-4H3/t16-,18-,19+,20-,21-,22-,23+,24-,25-/m1/s1. The second kappa shape index (κ2) is 7.15. The first kappa shape index (κ1) is 19.9. The Labute approximate surface area is 166 Å². The molecule has 0 saturated heterocycles. The average molecular weight is 375 g/mol. The van der Waals surface area contributed by atoms with E-state index in [0.717, 1.165) is 67.6 Å². The van der Waals surface area contributed by atoms with Crippen molar-refractivity contribution in [3.05, 3.63) is 0 Å². The van der Waals surface area contributed by atoms with Gasteiger partial charge in [0.15, 0.2) is 0 Å². The third-order valence-electron chi connectivity index (χ3n) is 9.93. The second-order valence-electron chi connectivity index (χ2n) is 11.3. The molecular formula is C25H42O2. The topological polar surface area (TPSA) is 37.3 Å². The minimum Gasteiger partial charge on any atom is -0.390 e. The molecule has 4 aliphatic carbocycles. The molecule has 0 aromatic carbocycles. The Bertz CT molecular complexity index is 571. The lowest BCUT2D eigenvalue weighted by Crippen LogP contribution is -2.56. The first-order valence-corrected chi connectivity index (χ1v) is 12.0. The van der Waals surface area contributed by atoms with Crippen LogP contribution in [0.1, 0.15) is 98.3 Å².